The minimum Gasteiger partial charge on any atom is -0.493 e. The number of aromatic nitrogens is 1. The van der Waals surface area contributed by atoms with Crippen LogP contribution in [-0.4, -0.2) is 53.5 Å². The van der Waals surface area contributed by atoms with E-state index in [1.165, 1.54) is 28.8 Å². The van der Waals surface area contributed by atoms with Gasteiger partial charge in [0.2, 0.25) is 11.8 Å². The van der Waals surface area contributed by atoms with E-state index >= 15 is 0 Å². The Morgan fingerprint density at radius 2 is 1.56 bits per heavy atom. The van der Waals surface area contributed by atoms with Crippen molar-refractivity contribution in [1.82, 2.24) is 14.8 Å². The van der Waals surface area contributed by atoms with Crippen LogP contribution in [0.3, 0.4) is 0 Å². The van der Waals surface area contributed by atoms with Gasteiger partial charge in [0.25, 0.3) is 0 Å². The van der Waals surface area contributed by atoms with Crippen LogP contribution in [0, 0.1) is 19.7 Å². The zero-order valence-electron chi connectivity index (χ0n) is 29.3. The van der Waals surface area contributed by atoms with E-state index in [1.807, 2.05) is 42.2 Å². The van der Waals surface area contributed by atoms with Gasteiger partial charge in [-0.2, -0.15) is 0 Å². The third-order valence-corrected chi connectivity index (χ3v) is 9.11. The molecule has 0 spiro atoms. The average molecular weight is 743 g/mol. The number of pyridine rings is 1. The van der Waals surface area contributed by atoms with Crippen LogP contribution >= 0.6 is 24.0 Å². The van der Waals surface area contributed by atoms with Gasteiger partial charge in [-0.15, -0.1) is 12.4 Å². The summed E-state index contributed by atoms with van der Waals surface area (Å²) in [7, 11) is 0. The molecule has 0 radical (unpaired) electrons. The maximum atomic E-state index is 13.1. The maximum Gasteiger partial charge on any atom is 0.246 e. The van der Waals surface area contributed by atoms with Crippen LogP contribution in [0.15, 0.2) is 109 Å². The van der Waals surface area contributed by atoms with E-state index in [0.717, 1.165) is 42.7 Å². The van der Waals surface area contributed by atoms with Crippen molar-refractivity contribution in [3.63, 3.8) is 0 Å². The molecule has 270 valence electrons. The summed E-state index contributed by atoms with van der Waals surface area (Å²) in [5.74, 6) is 1.94. The fourth-order valence-electron chi connectivity index (χ4n) is 5.82. The smallest absolute Gasteiger partial charge is 0.246 e. The van der Waals surface area contributed by atoms with Crippen molar-refractivity contribution in [1.29, 1.82) is 0 Å². The summed E-state index contributed by atoms with van der Waals surface area (Å²) in [5, 5.41) is 0.434. The number of nitrogens with zero attached hydrogens (tertiary/aromatic N) is 3. The molecule has 1 amide bonds. The number of halogens is 3. The van der Waals surface area contributed by atoms with Gasteiger partial charge in [-0.25, -0.2) is 9.37 Å². The van der Waals surface area contributed by atoms with Gasteiger partial charge in [-0.05, 0) is 95.8 Å². The molecule has 0 atom stereocenters. The number of benzene rings is 4. The summed E-state index contributed by atoms with van der Waals surface area (Å²) in [6, 6.07) is 30.0. The second-order valence-corrected chi connectivity index (χ2v) is 13.0. The molecule has 7 nitrogen and oxygen atoms in total. The van der Waals surface area contributed by atoms with Gasteiger partial charge >= 0.3 is 0 Å². The number of hydrogen-bond donors (Lipinski definition) is 0. The minimum absolute atomic E-state index is 0. The zero-order chi connectivity index (χ0) is 35.6. The molecule has 1 aliphatic rings. The molecule has 0 aliphatic carbocycles. The predicted molar refractivity (Wildman–Crippen MR) is 206 cm³/mol. The second-order valence-electron chi connectivity index (χ2n) is 12.6. The number of aryl methyl sites for hydroxylation is 2. The molecule has 1 fully saturated rings. The lowest BCUT2D eigenvalue weighted by molar-refractivity contribution is -0.127. The van der Waals surface area contributed by atoms with Crippen molar-refractivity contribution >= 4 is 36.0 Å². The molecular weight excluding hydrogens is 700 g/mol. The maximum absolute atomic E-state index is 13.1. The highest BCUT2D eigenvalue weighted by Crippen LogP contribution is 2.34. The molecule has 52 heavy (non-hydrogen) atoms. The number of carbonyl (C=O) groups excluding carboxylic acids is 1. The number of ether oxygens (including phenoxy) is 3. The summed E-state index contributed by atoms with van der Waals surface area (Å²) >= 11 is 6.62. The third-order valence-electron chi connectivity index (χ3n) is 8.83. The van der Waals surface area contributed by atoms with Crippen LogP contribution in [-0.2, 0) is 24.4 Å². The first-order chi connectivity index (χ1) is 24.8. The fraction of sp³-hybridized carbons (Fsp3) is 0.238. The first-order valence-corrected chi connectivity index (χ1v) is 17.4. The Balaban J connectivity index is 0.00000523. The average Bonchev–Trinajstić information content (AvgIpc) is 3.14. The molecule has 10 heteroatoms. The summed E-state index contributed by atoms with van der Waals surface area (Å²) in [4.78, 5) is 21.7. The molecule has 1 saturated heterocycles. The summed E-state index contributed by atoms with van der Waals surface area (Å²) < 4.78 is 30.7. The third kappa shape index (κ3) is 10.8. The Kier molecular flexibility index (Phi) is 13.7. The number of amides is 1. The van der Waals surface area contributed by atoms with Crippen molar-refractivity contribution in [2.24, 2.45) is 0 Å². The Labute approximate surface area is 316 Å². The summed E-state index contributed by atoms with van der Waals surface area (Å²) in [5.41, 5.74) is 6.36. The normalized spacial score (nSPS) is 13.1. The summed E-state index contributed by atoms with van der Waals surface area (Å²) in [6.45, 7) is 8.73. The molecule has 5 aromatic rings. The Morgan fingerprint density at radius 1 is 0.846 bits per heavy atom. The lowest BCUT2D eigenvalue weighted by Gasteiger charge is -2.34. The van der Waals surface area contributed by atoms with Gasteiger partial charge in [0.1, 0.15) is 23.9 Å². The van der Waals surface area contributed by atoms with E-state index in [2.05, 4.69) is 47.1 Å². The highest BCUT2D eigenvalue weighted by Gasteiger charge is 2.20. The molecule has 1 aromatic heterocycles. The van der Waals surface area contributed by atoms with Crippen LogP contribution in [0.2, 0.25) is 5.02 Å². The highest BCUT2D eigenvalue weighted by molar-refractivity contribution is 6.32. The van der Waals surface area contributed by atoms with Crippen LogP contribution in [0.4, 0.5) is 4.39 Å². The Morgan fingerprint density at radius 3 is 2.25 bits per heavy atom. The van der Waals surface area contributed by atoms with Crippen molar-refractivity contribution < 1.29 is 23.4 Å². The van der Waals surface area contributed by atoms with Gasteiger partial charge in [0.05, 0.1) is 17.8 Å². The molecule has 6 rings (SSSR count). The van der Waals surface area contributed by atoms with Crippen molar-refractivity contribution in [2.75, 3.05) is 32.8 Å². The van der Waals surface area contributed by atoms with Crippen LogP contribution in [0.25, 0.3) is 6.08 Å². The largest absolute Gasteiger partial charge is 0.493 e. The van der Waals surface area contributed by atoms with E-state index in [1.54, 1.807) is 42.6 Å². The van der Waals surface area contributed by atoms with E-state index in [-0.39, 0.29) is 24.1 Å². The molecule has 0 N–H and O–H groups in total. The molecule has 2 heterocycles. The van der Waals surface area contributed by atoms with Gasteiger partial charge in [-0.1, -0.05) is 60.1 Å². The first kappa shape index (κ1) is 38.3. The van der Waals surface area contributed by atoms with Crippen molar-refractivity contribution in [2.45, 2.75) is 33.4 Å². The van der Waals surface area contributed by atoms with Crippen LogP contribution < -0.4 is 14.2 Å². The van der Waals surface area contributed by atoms with Crippen molar-refractivity contribution in [3.8, 4) is 23.1 Å². The fourth-order valence-corrected chi connectivity index (χ4v) is 6.13. The molecule has 0 bridgehead atoms. The minimum atomic E-state index is -0.272. The molecule has 0 unspecified atom stereocenters. The summed E-state index contributed by atoms with van der Waals surface area (Å²) in [6.07, 6.45) is 5.81. The number of rotatable bonds is 13. The topological polar surface area (TPSA) is 64.1 Å². The number of carbonyl (C=O) groups is 1. The zero-order valence-corrected chi connectivity index (χ0v) is 30.8. The molecular formula is C42H42Cl2FN3O4. The van der Waals surface area contributed by atoms with E-state index in [9.17, 15) is 9.18 Å². The van der Waals surface area contributed by atoms with Gasteiger partial charge in [0, 0.05) is 51.3 Å². The van der Waals surface area contributed by atoms with E-state index < -0.39 is 0 Å². The molecule has 4 aromatic carbocycles. The number of hydrogen-bond acceptors (Lipinski definition) is 6. The molecule has 0 saturated carbocycles. The first-order valence-electron chi connectivity index (χ1n) is 17.1. The Bertz CT molecular complexity index is 1920. The van der Waals surface area contributed by atoms with E-state index in [4.69, 9.17) is 25.8 Å². The lowest BCUT2D eigenvalue weighted by atomic mass is 10.1. The number of piperazine rings is 1. The van der Waals surface area contributed by atoms with Crippen LogP contribution in [0.1, 0.15) is 33.4 Å². The predicted octanol–water partition coefficient (Wildman–Crippen LogP) is 9.26. The van der Waals surface area contributed by atoms with E-state index in [0.29, 0.717) is 54.5 Å². The van der Waals surface area contributed by atoms with Gasteiger partial charge in [0.15, 0.2) is 5.75 Å². The van der Waals surface area contributed by atoms with Crippen molar-refractivity contribution in [3.05, 3.63) is 154 Å². The second kappa shape index (κ2) is 18.6. The molecule has 1 aliphatic heterocycles. The highest BCUT2D eigenvalue weighted by atomic mass is 35.5. The Hall–Kier alpha value is -4.89. The van der Waals surface area contributed by atoms with Gasteiger partial charge < -0.3 is 19.1 Å². The van der Waals surface area contributed by atoms with Gasteiger partial charge in [-0.3, -0.25) is 9.69 Å². The van der Waals surface area contributed by atoms with Crippen LogP contribution in [0.5, 0.6) is 23.1 Å². The standard InChI is InChI=1S/C42H41ClFN3O4.ClH/c1-30-5-3-4-6-35(30)29-50-38-16-17-40(45-27-38)51-42-31(2)25-34(26-39(42)43)11-18-41(48)47-22-20-46(21-23-47)28-33-9-7-32(8-10-33)19-24-49-37-14-12-36(44)13-15-37;/h3-18,25-27H,19-24,28-29H2,1-2H3;1H. The quantitative estimate of drug-likeness (QED) is 0.112. The SMILES string of the molecule is Cc1ccccc1COc1ccc(Oc2c(C)cc(C=CC(=O)N3CCN(Cc4ccc(CCOc5ccc(F)cc5)cc4)CC3)cc2Cl)nc1.Cl. The monoisotopic (exact) mass is 741 g/mol. The lowest BCUT2D eigenvalue weighted by Crippen LogP contribution is -2.47.